The number of nitrogens with one attached hydrogen (secondary N) is 2. The number of rotatable bonds is 13. The average Bonchev–Trinajstić information content (AvgIpc) is 3.50. The van der Waals surface area contributed by atoms with E-state index in [-0.39, 0.29) is 48.7 Å². The number of nitrogens with two attached hydrogens (primary N) is 3. The van der Waals surface area contributed by atoms with Gasteiger partial charge in [-0.3, -0.25) is 19.4 Å². The molecular formula is C46H67FN6O6. The number of nitrogens with zero attached hydrogens (tertiary/aromatic N) is 1. The van der Waals surface area contributed by atoms with Crippen LogP contribution >= 0.6 is 0 Å². The number of carbonyl (C=O) groups excluding carboxylic acids is 2. The van der Waals surface area contributed by atoms with Crippen LogP contribution in [0.1, 0.15) is 119 Å². The van der Waals surface area contributed by atoms with E-state index < -0.39 is 68.0 Å². The largest absolute Gasteiger partial charge is 0.481 e. The number of benzene rings is 1. The highest BCUT2D eigenvalue weighted by molar-refractivity contribution is 6.01. The summed E-state index contributed by atoms with van der Waals surface area (Å²) in [6.07, 6.45) is 7.05. The lowest BCUT2D eigenvalue weighted by molar-refractivity contribution is -0.222. The van der Waals surface area contributed by atoms with Gasteiger partial charge in [-0.2, -0.15) is 0 Å². The fourth-order valence-corrected chi connectivity index (χ4v) is 13.3. The predicted octanol–water partition coefficient (Wildman–Crippen LogP) is 6.45. The number of ketones is 1. The Morgan fingerprint density at radius 3 is 2.27 bits per heavy atom. The fourth-order valence-electron chi connectivity index (χ4n) is 13.3. The molecule has 59 heavy (non-hydrogen) atoms. The number of Topliss-reactive ketones (excluding diaryl/α,β-unsaturated/α-hetero) is 1. The highest BCUT2D eigenvalue weighted by atomic mass is 19.1. The van der Waals surface area contributed by atoms with Gasteiger partial charge in [-0.25, -0.2) is 4.39 Å². The van der Waals surface area contributed by atoms with Crippen LogP contribution < -0.4 is 22.5 Å². The van der Waals surface area contributed by atoms with Crippen molar-refractivity contribution in [2.75, 3.05) is 5.32 Å². The molecule has 5 aliphatic carbocycles. The second-order valence-corrected chi connectivity index (χ2v) is 19.8. The second kappa shape index (κ2) is 15.0. The van der Waals surface area contributed by atoms with Crippen LogP contribution in [0.2, 0.25) is 0 Å². The molecule has 0 aliphatic heterocycles. The van der Waals surface area contributed by atoms with Crippen molar-refractivity contribution in [1.82, 2.24) is 0 Å². The molecule has 0 heterocycles. The minimum absolute atomic E-state index is 0.0753. The maximum atomic E-state index is 14.2. The van der Waals surface area contributed by atoms with Crippen LogP contribution in [0.5, 0.6) is 0 Å². The van der Waals surface area contributed by atoms with E-state index in [1.165, 1.54) is 25.3 Å². The van der Waals surface area contributed by atoms with Gasteiger partial charge in [0.1, 0.15) is 18.1 Å². The molecule has 0 amide bonds. The van der Waals surface area contributed by atoms with Crippen molar-refractivity contribution in [3.8, 4) is 0 Å². The lowest BCUT2D eigenvalue weighted by atomic mass is 9.29. The molecule has 4 fully saturated rings. The van der Waals surface area contributed by atoms with Gasteiger partial charge in [0.25, 0.3) is 0 Å². The van der Waals surface area contributed by atoms with Crippen molar-refractivity contribution in [3.63, 3.8) is 0 Å². The monoisotopic (exact) mass is 819 g/mol. The lowest BCUT2D eigenvalue weighted by Gasteiger charge is -2.78. The summed E-state index contributed by atoms with van der Waals surface area (Å²) in [4.78, 5) is 44.5. The summed E-state index contributed by atoms with van der Waals surface area (Å²) in [5.74, 6) is -2.28. The number of aliphatic hydroxyl groups excluding tert-OH is 1. The standard InChI is InChI=1S/C46H67FN6O6/c1-9-39(5,38(57)58)25-35(56)59-33-15-17-41(7)44(49,40(33,6)26-48)22-23-46(51)43(28(4)52-8)21-20-42(18-16-34(55)53-30-12-10-29(47)11-13-30)24-32(54)36(27(2)3)37(42)31(43)14-19-45(41,46)50/h10-13,16,18,26-28,31,33-34,48,53,55H,8-9,14-15,17,19-25,49-51H2,1-7H3,(H,57,58). The number of carbonyl (C=O) groups is 3. The van der Waals surface area contributed by atoms with E-state index in [1.54, 1.807) is 25.1 Å². The number of ether oxygens (including phenoxy) is 1. The van der Waals surface area contributed by atoms with Crippen LogP contribution in [0.15, 0.2) is 52.6 Å². The van der Waals surface area contributed by atoms with Crippen molar-refractivity contribution in [1.29, 1.82) is 5.41 Å². The summed E-state index contributed by atoms with van der Waals surface area (Å²) in [5.41, 5.74) is 18.2. The van der Waals surface area contributed by atoms with E-state index in [9.17, 15) is 29.0 Å². The van der Waals surface area contributed by atoms with Gasteiger partial charge in [0.05, 0.1) is 23.3 Å². The normalized spacial score (nSPS) is 39.9. The van der Waals surface area contributed by atoms with Gasteiger partial charge in [0.2, 0.25) is 0 Å². The maximum absolute atomic E-state index is 14.2. The van der Waals surface area contributed by atoms with Gasteiger partial charge in [-0.1, -0.05) is 33.8 Å². The number of allylic oxidation sites excluding steroid dienone is 3. The average molecular weight is 819 g/mol. The molecule has 12 atom stereocenters. The molecule has 12 nitrogen and oxygen atoms in total. The van der Waals surface area contributed by atoms with Crippen LogP contribution in [0.4, 0.5) is 10.1 Å². The molecule has 0 spiro atoms. The third kappa shape index (κ3) is 6.14. The van der Waals surface area contributed by atoms with E-state index in [0.29, 0.717) is 57.1 Å². The van der Waals surface area contributed by atoms with Crippen LogP contribution in [0, 0.1) is 50.1 Å². The Morgan fingerprint density at radius 1 is 1.05 bits per heavy atom. The first-order valence-corrected chi connectivity index (χ1v) is 21.4. The van der Waals surface area contributed by atoms with Crippen LogP contribution in [-0.2, 0) is 19.1 Å². The van der Waals surface area contributed by atoms with Gasteiger partial charge < -0.3 is 42.9 Å². The number of aliphatic hydroxyl groups is 1. The van der Waals surface area contributed by atoms with Gasteiger partial charge in [-0.05, 0) is 139 Å². The quantitative estimate of drug-likeness (QED) is 0.0498. The van der Waals surface area contributed by atoms with Crippen molar-refractivity contribution in [2.45, 2.75) is 154 Å². The number of fused-ring (bicyclic) bond motifs is 7. The van der Waals surface area contributed by atoms with Crippen molar-refractivity contribution < 1.29 is 33.7 Å². The lowest BCUT2D eigenvalue weighted by Crippen LogP contribution is -2.92. The Bertz CT molecular complexity index is 1960. The molecular weight excluding hydrogens is 752 g/mol. The molecule has 0 bridgehead atoms. The first kappa shape index (κ1) is 44.8. The fraction of sp³-hybridized carbons (Fsp3) is 0.674. The molecule has 6 rings (SSSR count). The van der Waals surface area contributed by atoms with E-state index in [4.69, 9.17) is 32.3 Å². The van der Waals surface area contributed by atoms with Crippen LogP contribution in [-0.4, -0.2) is 75.9 Å². The molecule has 0 radical (unpaired) electrons. The number of hydrogen-bond donors (Lipinski definition) is 7. The molecule has 13 heteroatoms. The minimum atomic E-state index is -1.29. The second-order valence-electron chi connectivity index (χ2n) is 19.8. The van der Waals surface area contributed by atoms with Crippen LogP contribution in [0.25, 0.3) is 0 Å². The molecule has 1 aromatic rings. The van der Waals surface area contributed by atoms with Crippen LogP contribution in [0.3, 0.4) is 0 Å². The molecule has 4 saturated carbocycles. The van der Waals surface area contributed by atoms with Gasteiger partial charge >= 0.3 is 11.9 Å². The van der Waals surface area contributed by atoms with Crippen molar-refractivity contribution in [2.24, 2.45) is 61.1 Å². The number of aliphatic imine (C=N–C) groups is 1. The predicted molar refractivity (Wildman–Crippen MR) is 227 cm³/mol. The summed E-state index contributed by atoms with van der Waals surface area (Å²) >= 11 is 0. The Hall–Kier alpha value is -3.78. The summed E-state index contributed by atoms with van der Waals surface area (Å²) in [7, 11) is 0. The topological polar surface area (TPSA) is 227 Å². The molecule has 12 unspecified atom stereocenters. The molecule has 1 aromatic carbocycles. The Balaban J connectivity index is 1.41. The van der Waals surface area contributed by atoms with Gasteiger partial charge in [0, 0.05) is 51.2 Å². The Kier molecular flexibility index (Phi) is 11.4. The summed E-state index contributed by atoms with van der Waals surface area (Å²) in [6, 6.07) is 5.39. The molecule has 0 aromatic heterocycles. The molecule has 10 N–H and O–H groups in total. The zero-order chi connectivity index (χ0) is 43.8. The third-order valence-electron chi connectivity index (χ3n) is 17.2. The number of halogens is 1. The zero-order valence-corrected chi connectivity index (χ0v) is 36.0. The Labute approximate surface area is 348 Å². The number of aliphatic carboxylic acids is 1. The zero-order valence-electron chi connectivity index (χ0n) is 36.0. The summed E-state index contributed by atoms with van der Waals surface area (Å²) in [6.45, 7) is 17.4. The molecule has 5 aliphatic rings. The SMILES string of the molecule is C=NC(C)C12CCC3(C=CC(O)Nc4ccc(F)cc4)CC(=O)C(C(C)C)=C3C1CCC1(N)C3(C)CCC(OC(=O)CC(C)(CC)C(=O)O)C(C)(C=N)C3(N)CCC21N. The van der Waals surface area contributed by atoms with E-state index in [2.05, 4.69) is 25.9 Å². The summed E-state index contributed by atoms with van der Waals surface area (Å²) < 4.78 is 19.7. The minimum Gasteiger partial charge on any atom is -0.481 e. The van der Waals surface area contributed by atoms with E-state index in [1.807, 2.05) is 26.8 Å². The van der Waals surface area contributed by atoms with E-state index in [0.717, 1.165) is 11.1 Å². The number of carboxylic acids is 1. The van der Waals surface area contributed by atoms with Gasteiger partial charge in [0.15, 0.2) is 5.78 Å². The highest BCUT2D eigenvalue weighted by Crippen LogP contribution is 2.75. The molecule has 0 saturated heterocycles. The van der Waals surface area contributed by atoms with Gasteiger partial charge in [-0.15, -0.1) is 0 Å². The first-order valence-electron chi connectivity index (χ1n) is 21.4. The summed E-state index contributed by atoms with van der Waals surface area (Å²) in [5, 5.41) is 32.9. The van der Waals surface area contributed by atoms with Crippen molar-refractivity contribution in [3.05, 3.63) is 53.4 Å². The number of anilines is 1. The Morgan fingerprint density at radius 2 is 1.69 bits per heavy atom. The number of carboxylic acid groups (broad SMARTS) is 1. The maximum Gasteiger partial charge on any atom is 0.309 e. The third-order valence-corrected chi connectivity index (χ3v) is 17.2. The highest BCUT2D eigenvalue weighted by Gasteiger charge is 2.81. The van der Waals surface area contributed by atoms with E-state index >= 15 is 0 Å². The molecule has 324 valence electrons. The van der Waals surface area contributed by atoms with Crippen molar-refractivity contribution >= 4 is 36.3 Å². The number of esters is 1. The first-order chi connectivity index (χ1) is 27.4. The number of hydrogen-bond acceptors (Lipinski definition) is 11. The smallest absolute Gasteiger partial charge is 0.309 e.